The van der Waals surface area contributed by atoms with Gasteiger partial charge in [0.05, 0.1) is 18.7 Å². The third-order valence-electron chi connectivity index (χ3n) is 4.28. The fraction of sp³-hybridized carbons (Fsp3) is 0.350. The SMILES string of the molecule is S=CN1CCc2c(OCCCCCOc3ccc(Cl)cc3)cccc21. The summed E-state index contributed by atoms with van der Waals surface area (Å²) in [6, 6.07) is 13.7. The summed E-state index contributed by atoms with van der Waals surface area (Å²) in [7, 11) is 0. The Morgan fingerprint density at radius 3 is 2.52 bits per heavy atom. The normalized spacial score (nSPS) is 12.8. The number of benzene rings is 2. The largest absolute Gasteiger partial charge is 0.494 e. The molecule has 0 N–H and O–H groups in total. The summed E-state index contributed by atoms with van der Waals surface area (Å²) in [5.74, 6) is 1.86. The third-order valence-corrected chi connectivity index (χ3v) is 4.78. The molecule has 5 heteroatoms. The number of rotatable bonds is 9. The van der Waals surface area contributed by atoms with Gasteiger partial charge in [-0.15, -0.1) is 0 Å². The highest BCUT2D eigenvalue weighted by Crippen LogP contribution is 2.34. The van der Waals surface area contributed by atoms with Gasteiger partial charge in [-0.05, 0) is 62.1 Å². The van der Waals surface area contributed by atoms with Crippen LogP contribution < -0.4 is 14.4 Å². The molecule has 1 aliphatic heterocycles. The Hall–Kier alpha value is -1.78. The zero-order valence-corrected chi connectivity index (χ0v) is 15.7. The van der Waals surface area contributed by atoms with Crippen molar-refractivity contribution >= 4 is 35.0 Å². The average molecular weight is 376 g/mol. The van der Waals surface area contributed by atoms with Gasteiger partial charge in [0.25, 0.3) is 0 Å². The number of ether oxygens (including phenoxy) is 2. The quantitative estimate of drug-likeness (QED) is 0.438. The maximum atomic E-state index is 5.99. The predicted octanol–water partition coefficient (Wildman–Crippen LogP) is 5.29. The Kier molecular flexibility index (Phi) is 6.54. The number of hydrogen-bond donors (Lipinski definition) is 0. The molecule has 132 valence electrons. The molecule has 2 aromatic carbocycles. The Bertz CT molecular complexity index is 705. The Morgan fingerprint density at radius 2 is 1.76 bits per heavy atom. The van der Waals surface area contributed by atoms with Gasteiger partial charge in [-0.25, -0.2) is 0 Å². The third kappa shape index (κ3) is 4.86. The number of anilines is 1. The van der Waals surface area contributed by atoms with E-state index in [1.807, 2.05) is 30.3 Å². The number of nitrogens with zero attached hydrogens (tertiary/aromatic N) is 1. The van der Waals surface area contributed by atoms with Crippen LogP contribution in [0.2, 0.25) is 5.02 Å². The van der Waals surface area contributed by atoms with E-state index in [0.717, 1.165) is 55.4 Å². The zero-order chi connectivity index (χ0) is 17.5. The summed E-state index contributed by atoms with van der Waals surface area (Å²) in [4.78, 5) is 2.10. The molecule has 0 saturated carbocycles. The van der Waals surface area contributed by atoms with Crippen LogP contribution in [0.1, 0.15) is 24.8 Å². The molecule has 2 aromatic rings. The van der Waals surface area contributed by atoms with Crippen LogP contribution >= 0.6 is 23.8 Å². The highest BCUT2D eigenvalue weighted by molar-refractivity contribution is 7.79. The van der Waals surface area contributed by atoms with Gasteiger partial charge in [0.15, 0.2) is 0 Å². The summed E-state index contributed by atoms with van der Waals surface area (Å²) in [5, 5.41) is 0.727. The summed E-state index contributed by atoms with van der Waals surface area (Å²) in [6.45, 7) is 2.39. The summed E-state index contributed by atoms with van der Waals surface area (Å²) in [5.41, 5.74) is 4.18. The minimum atomic E-state index is 0.714. The monoisotopic (exact) mass is 375 g/mol. The number of halogens is 1. The van der Waals surface area contributed by atoms with Crippen molar-refractivity contribution in [3.05, 3.63) is 53.1 Å². The van der Waals surface area contributed by atoms with Crippen LogP contribution in [0.5, 0.6) is 11.5 Å². The molecule has 1 heterocycles. The number of hydrogen-bond acceptors (Lipinski definition) is 3. The van der Waals surface area contributed by atoms with E-state index in [1.54, 1.807) is 5.49 Å². The topological polar surface area (TPSA) is 21.7 Å². The van der Waals surface area contributed by atoms with Crippen LogP contribution in [0.15, 0.2) is 42.5 Å². The van der Waals surface area contributed by atoms with Gasteiger partial charge in [-0.3, -0.25) is 0 Å². The maximum absolute atomic E-state index is 5.99. The van der Waals surface area contributed by atoms with Gasteiger partial charge in [0.2, 0.25) is 0 Å². The lowest BCUT2D eigenvalue weighted by Gasteiger charge is -2.14. The number of unbranched alkanes of at least 4 members (excludes halogenated alkanes) is 2. The van der Waals surface area contributed by atoms with Crippen molar-refractivity contribution in [3.8, 4) is 11.5 Å². The van der Waals surface area contributed by atoms with Crippen LogP contribution in [0.3, 0.4) is 0 Å². The molecule has 0 atom stereocenters. The zero-order valence-electron chi connectivity index (χ0n) is 14.1. The first kappa shape index (κ1) is 18.0. The smallest absolute Gasteiger partial charge is 0.124 e. The van der Waals surface area contributed by atoms with E-state index in [1.165, 1.54) is 11.3 Å². The van der Waals surface area contributed by atoms with Crippen molar-refractivity contribution < 1.29 is 9.47 Å². The first-order valence-electron chi connectivity index (χ1n) is 8.63. The standard InChI is InChI=1S/C20H22ClNO2S/c21-16-7-9-17(10-8-16)23-13-2-1-3-14-24-20-6-4-5-19-18(20)11-12-22(19)15-25/h4-10,15H,1-3,11-14H2. The molecular formula is C20H22ClNO2S. The van der Waals surface area contributed by atoms with E-state index < -0.39 is 0 Å². The highest BCUT2D eigenvalue weighted by atomic mass is 35.5. The van der Waals surface area contributed by atoms with E-state index >= 15 is 0 Å². The molecule has 0 saturated heterocycles. The second-order valence-electron chi connectivity index (χ2n) is 6.01. The molecule has 3 nitrogen and oxygen atoms in total. The fourth-order valence-corrected chi connectivity index (χ4v) is 3.30. The summed E-state index contributed by atoms with van der Waals surface area (Å²) >= 11 is 10.9. The lowest BCUT2D eigenvalue weighted by atomic mass is 10.1. The molecule has 1 aliphatic rings. The van der Waals surface area contributed by atoms with Crippen molar-refractivity contribution in [1.29, 1.82) is 0 Å². The van der Waals surface area contributed by atoms with Crippen LogP contribution in [0.4, 0.5) is 5.69 Å². The van der Waals surface area contributed by atoms with E-state index in [2.05, 4.69) is 17.0 Å². The molecule has 0 radical (unpaired) electrons. The first-order valence-corrected chi connectivity index (χ1v) is 9.48. The fourth-order valence-electron chi connectivity index (χ4n) is 2.96. The molecule has 0 aromatic heterocycles. The van der Waals surface area contributed by atoms with Gasteiger partial charge in [-0.2, -0.15) is 0 Å². The lowest BCUT2D eigenvalue weighted by molar-refractivity contribution is 0.278. The van der Waals surface area contributed by atoms with Gasteiger partial charge < -0.3 is 14.4 Å². The van der Waals surface area contributed by atoms with E-state index in [-0.39, 0.29) is 0 Å². The summed E-state index contributed by atoms with van der Waals surface area (Å²) < 4.78 is 11.7. The average Bonchev–Trinajstić information content (AvgIpc) is 3.06. The highest BCUT2D eigenvalue weighted by Gasteiger charge is 2.20. The van der Waals surface area contributed by atoms with Crippen LogP contribution in [0, 0.1) is 0 Å². The first-order chi connectivity index (χ1) is 12.3. The van der Waals surface area contributed by atoms with Gasteiger partial charge in [-0.1, -0.05) is 29.9 Å². The van der Waals surface area contributed by atoms with E-state index in [9.17, 15) is 0 Å². The van der Waals surface area contributed by atoms with Gasteiger partial charge in [0.1, 0.15) is 11.5 Å². The van der Waals surface area contributed by atoms with E-state index in [4.69, 9.17) is 33.3 Å². The Morgan fingerprint density at radius 1 is 1.00 bits per heavy atom. The van der Waals surface area contributed by atoms with Crippen LogP contribution in [0.25, 0.3) is 0 Å². The molecule has 0 aliphatic carbocycles. The van der Waals surface area contributed by atoms with Gasteiger partial charge in [0, 0.05) is 22.8 Å². The molecule has 3 rings (SSSR count). The maximum Gasteiger partial charge on any atom is 0.124 e. The summed E-state index contributed by atoms with van der Waals surface area (Å²) in [6.07, 6.45) is 4.10. The number of fused-ring (bicyclic) bond motifs is 1. The van der Waals surface area contributed by atoms with Crippen LogP contribution in [-0.4, -0.2) is 25.2 Å². The molecule has 0 bridgehead atoms. The van der Waals surface area contributed by atoms with E-state index in [0.29, 0.717) is 6.61 Å². The second-order valence-corrected chi connectivity index (χ2v) is 6.66. The van der Waals surface area contributed by atoms with Gasteiger partial charge >= 0.3 is 0 Å². The second kappa shape index (κ2) is 9.07. The van der Waals surface area contributed by atoms with Crippen molar-refractivity contribution in [3.63, 3.8) is 0 Å². The minimum absolute atomic E-state index is 0.714. The van der Waals surface area contributed by atoms with Crippen LogP contribution in [-0.2, 0) is 6.42 Å². The van der Waals surface area contributed by atoms with Crippen molar-refractivity contribution in [2.24, 2.45) is 0 Å². The molecule has 0 amide bonds. The molecule has 25 heavy (non-hydrogen) atoms. The van der Waals surface area contributed by atoms with Crippen molar-refractivity contribution in [2.75, 3.05) is 24.7 Å². The number of thiocarbonyl (C=S) groups is 1. The minimum Gasteiger partial charge on any atom is -0.494 e. The molecule has 0 spiro atoms. The molecular weight excluding hydrogens is 354 g/mol. The molecule has 0 fully saturated rings. The Labute approximate surface area is 159 Å². The lowest BCUT2D eigenvalue weighted by Crippen LogP contribution is -2.15. The van der Waals surface area contributed by atoms with Crippen molar-refractivity contribution in [2.45, 2.75) is 25.7 Å². The molecule has 0 unspecified atom stereocenters. The predicted molar refractivity (Wildman–Crippen MR) is 107 cm³/mol. The van der Waals surface area contributed by atoms with Crippen molar-refractivity contribution in [1.82, 2.24) is 0 Å². The Balaban J connectivity index is 1.35.